The standard InChI is InChI=1S/C21H22N2O4S/c1-13-7-3-2-4-10-18(24)26-19(22-13)16-11-12-17(28-16)20-23-15-9-6-5-8-14(15)21(25)27-20/h5-9,16-17H,2-4,10-12H2,1H3. The molecular formula is C21H22N2O4S. The summed E-state index contributed by atoms with van der Waals surface area (Å²) in [4.78, 5) is 33.5. The third kappa shape index (κ3) is 4.19. The Hall–Kier alpha value is -2.41. The highest BCUT2D eigenvalue weighted by Crippen LogP contribution is 2.45. The van der Waals surface area contributed by atoms with Gasteiger partial charge in [0.05, 0.1) is 21.4 Å². The molecule has 1 aromatic heterocycles. The molecule has 6 nitrogen and oxygen atoms in total. The number of carbonyl (C=O) groups excluding carboxylic acids is 1. The maximum Gasteiger partial charge on any atom is 0.346 e. The van der Waals surface area contributed by atoms with Crippen LogP contribution in [0.1, 0.15) is 56.6 Å². The SMILES string of the molecule is CC1=CCCCCC(=O)OC(C2CCC(c3nc4ccccc4c(=O)o3)S2)=N1. The number of benzene rings is 1. The number of nitrogens with zero attached hydrogens (tertiary/aromatic N) is 2. The van der Waals surface area contributed by atoms with Crippen molar-refractivity contribution >= 4 is 34.5 Å². The second-order valence-corrected chi connectivity index (χ2v) is 8.47. The van der Waals surface area contributed by atoms with Crippen LogP contribution in [0.25, 0.3) is 10.9 Å². The molecule has 0 saturated carbocycles. The molecule has 2 atom stereocenters. The van der Waals surface area contributed by atoms with E-state index < -0.39 is 0 Å². The highest BCUT2D eigenvalue weighted by Gasteiger charge is 2.35. The van der Waals surface area contributed by atoms with Gasteiger partial charge >= 0.3 is 11.6 Å². The van der Waals surface area contributed by atoms with E-state index in [0.717, 1.165) is 37.8 Å². The minimum atomic E-state index is -0.370. The summed E-state index contributed by atoms with van der Waals surface area (Å²) in [5.74, 6) is 0.652. The van der Waals surface area contributed by atoms with Gasteiger partial charge < -0.3 is 9.15 Å². The molecule has 2 aliphatic heterocycles. The molecule has 4 rings (SSSR count). The van der Waals surface area contributed by atoms with E-state index in [1.807, 2.05) is 19.1 Å². The molecule has 146 valence electrons. The fourth-order valence-corrected chi connectivity index (χ4v) is 4.82. The van der Waals surface area contributed by atoms with Gasteiger partial charge in [-0.15, -0.1) is 11.8 Å². The van der Waals surface area contributed by atoms with Crippen molar-refractivity contribution in [3.63, 3.8) is 0 Å². The zero-order chi connectivity index (χ0) is 19.5. The van der Waals surface area contributed by atoms with E-state index in [4.69, 9.17) is 9.15 Å². The number of cyclic esters (lactones) is 1. The van der Waals surface area contributed by atoms with Gasteiger partial charge in [0.2, 0.25) is 11.8 Å². The van der Waals surface area contributed by atoms with E-state index >= 15 is 0 Å². The van der Waals surface area contributed by atoms with Crippen molar-refractivity contribution in [1.29, 1.82) is 0 Å². The highest BCUT2D eigenvalue weighted by atomic mass is 32.2. The minimum Gasteiger partial charge on any atom is -0.410 e. The number of hydrogen-bond acceptors (Lipinski definition) is 7. The van der Waals surface area contributed by atoms with Crippen LogP contribution in [0.15, 0.2) is 50.2 Å². The number of esters is 1. The average Bonchev–Trinajstić information content (AvgIpc) is 3.17. The van der Waals surface area contributed by atoms with Gasteiger partial charge in [-0.25, -0.2) is 14.8 Å². The Balaban J connectivity index is 1.58. The monoisotopic (exact) mass is 398 g/mol. The molecule has 0 radical (unpaired) electrons. The van der Waals surface area contributed by atoms with E-state index in [-0.39, 0.29) is 22.1 Å². The van der Waals surface area contributed by atoms with Crippen LogP contribution >= 0.6 is 11.8 Å². The first-order valence-electron chi connectivity index (χ1n) is 9.61. The first-order chi connectivity index (χ1) is 13.6. The first-order valence-corrected chi connectivity index (χ1v) is 10.6. The smallest absolute Gasteiger partial charge is 0.346 e. The van der Waals surface area contributed by atoms with Crippen LogP contribution in [-0.2, 0) is 9.53 Å². The Morgan fingerprint density at radius 3 is 2.82 bits per heavy atom. The number of aromatic nitrogens is 1. The quantitative estimate of drug-likeness (QED) is 0.691. The molecule has 28 heavy (non-hydrogen) atoms. The lowest BCUT2D eigenvalue weighted by Crippen LogP contribution is -2.22. The van der Waals surface area contributed by atoms with Gasteiger partial charge in [0, 0.05) is 12.1 Å². The number of thioether (sulfide) groups is 1. The lowest BCUT2D eigenvalue weighted by atomic mass is 10.1. The van der Waals surface area contributed by atoms with Crippen molar-refractivity contribution in [1.82, 2.24) is 4.98 Å². The number of allylic oxidation sites excluding steroid dienone is 2. The van der Waals surface area contributed by atoms with E-state index in [1.54, 1.807) is 23.9 Å². The Labute approximate surface area is 167 Å². The van der Waals surface area contributed by atoms with E-state index in [2.05, 4.69) is 16.1 Å². The zero-order valence-electron chi connectivity index (χ0n) is 15.7. The van der Waals surface area contributed by atoms with Gasteiger partial charge in [0.1, 0.15) is 0 Å². The summed E-state index contributed by atoms with van der Waals surface area (Å²) in [5.41, 5.74) is 1.13. The molecular weight excluding hydrogens is 376 g/mol. The second kappa shape index (κ2) is 8.31. The Kier molecular flexibility index (Phi) is 5.62. The Bertz CT molecular complexity index is 1010. The second-order valence-electron chi connectivity index (χ2n) is 7.06. The van der Waals surface area contributed by atoms with Crippen LogP contribution < -0.4 is 5.63 Å². The van der Waals surface area contributed by atoms with E-state index in [0.29, 0.717) is 29.1 Å². The maximum atomic E-state index is 12.3. The number of ether oxygens (including phenoxy) is 1. The maximum absolute atomic E-state index is 12.3. The Morgan fingerprint density at radius 2 is 1.93 bits per heavy atom. The molecule has 1 saturated heterocycles. The van der Waals surface area contributed by atoms with Crippen LogP contribution in [-0.4, -0.2) is 22.1 Å². The van der Waals surface area contributed by atoms with Crippen LogP contribution in [0, 0.1) is 0 Å². The van der Waals surface area contributed by atoms with Crippen molar-refractivity contribution in [3.05, 3.63) is 52.3 Å². The highest BCUT2D eigenvalue weighted by molar-refractivity contribution is 8.01. The largest absolute Gasteiger partial charge is 0.410 e. The molecule has 0 amide bonds. The van der Waals surface area contributed by atoms with Crippen molar-refractivity contribution in [2.24, 2.45) is 4.99 Å². The summed E-state index contributed by atoms with van der Waals surface area (Å²) in [6.45, 7) is 1.93. The molecule has 1 fully saturated rings. The summed E-state index contributed by atoms with van der Waals surface area (Å²) < 4.78 is 11.1. The fraction of sp³-hybridized carbons (Fsp3) is 0.429. The van der Waals surface area contributed by atoms with Crippen LogP contribution in [0.3, 0.4) is 0 Å². The molecule has 2 aromatic rings. The predicted molar refractivity (Wildman–Crippen MR) is 109 cm³/mol. The van der Waals surface area contributed by atoms with Crippen molar-refractivity contribution in [3.8, 4) is 0 Å². The summed E-state index contributed by atoms with van der Waals surface area (Å²) in [5, 5.41) is 0.357. The van der Waals surface area contributed by atoms with Crippen LogP contribution in [0.4, 0.5) is 0 Å². The van der Waals surface area contributed by atoms with E-state index in [9.17, 15) is 9.59 Å². The van der Waals surface area contributed by atoms with Gasteiger partial charge in [-0.05, 0) is 51.2 Å². The number of fused-ring (bicyclic) bond motifs is 1. The predicted octanol–water partition coefficient (Wildman–Crippen LogP) is 4.54. The topological polar surface area (TPSA) is 81.8 Å². The molecule has 7 heteroatoms. The summed E-state index contributed by atoms with van der Waals surface area (Å²) in [6.07, 6.45) is 6.76. The molecule has 1 aromatic carbocycles. The third-order valence-corrected chi connectivity index (χ3v) is 6.43. The molecule has 2 unspecified atom stereocenters. The minimum absolute atomic E-state index is 0.0599. The molecule has 0 spiro atoms. The molecule has 3 heterocycles. The normalized spacial score (nSPS) is 23.8. The van der Waals surface area contributed by atoms with E-state index in [1.165, 1.54) is 0 Å². The fourth-order valence-electron chi connectivity index (χ4n) is 3.45. The lowest BCUT2D eigenvalue weighted by Gasteiger charge is -2.15. The van der Waals surface area contributed by atoms with Gasteiger partial charge in [-0.1, -0.05) is 18.2 Å². The third-order valence-electron chi connectivity index (χ3n) is 4.90. The number of para-hydroxylation sites is 1. The Morgan fingerprint density at radius 1 is 1.11 bits per heavy atom. The zero-order valence-corrected chi connectivity index (χ0v) is 16.5. The van der Waals surface area contributed by atoms with Crippen molar-refractivity contribution in [2.75, 3.05) is 0 Å². The van der Waals surface area contributed by atoms with Gasteiger partial charge in [-0.2, -0.15) is 0 Å². The molecule has 2 aliphatic rings. The molecule has 0 bridgehead atoms. The number of hydrogen-bond donors (Lipinski definition) is 0. The van der Waals surface area contributed by atoms with Gasteiger partial charge in [-0.3, -0.25) is 4.79 Å². The van der Waals surface area contributed by atoms with Gasteiger partial charge in [0.25, 0.3) is 0 Å². The van der Waals surface area contributed by atoms with Gasteiger partial charge in [0.15, 0.2) is 0 Å². The van der Waals surface area contributed by atoms with Crippen molar-refractivity contribution < 1.29 is 13.9 Å². The van der Waals surface area contributed by atoms with Crippen molar-refractivity contribution in [2.45, 2.75) is 55.9 Å². The average molecular weight is 398 g/mol. The first kappa shape index (κ1) is 18.9. The number of rotatable bonds is 2. The van der Waals surface area contributed by atoms with Crippen LogP contribution in [0.2, 0.25) is 0 Å². The lowest BCUT2D eigenvalue weighted by molar-refractivity contribution is -0.135. The summed E-state index contributed by atoms with van der Waals surface area (Å²) in [7, 11) is 0. The molecule has 0 aliphatic carbocycles. The van der Waals surface area contributed by atoms with Crippen LogP contribution in [0.5, 0.6) is 0 Å². The number of aliphatic imine (C=N–C) groups is 1. The summed E-state index contributed by atoms with van der Waals surface area (Å²) in [6, 6.07) is 7.18. The number of carbonyl (C=O) groups is 1. The molecule has 0 N–H and O–H groups in total. The summed E-state index contributed by atoms with van der Waals surface area (Å²) >= 11 is 1.59.